The third kappa shape index (κ3) is 27.0. The van der Waals surface area contributed by atoms with Crippen LogP contribution in [0.25, 0.3) is 11.1 Å². The summed E-state index contributed by atoms with van der Waals surface area (Å²) in [5.74, 6) is -0.957. The zero-order chi connectivity index (χ0) is 43.8. The lowest BCUT2D eigenvalue weighted by Crippen LogP contribution is -2.27. The summed E-state index contributed by atoms with van der Waals surface area (Å²) in [5.41, 5.74) is 4.79. The summed E-state index contributed by atoms with van der Waals surface area (Å²) in [4.78, 5) is 22.6. The van der Waals surface area contributed by atoms with Crippen molar-refractivity contribution in [2.75, 3.05) is 185 Å². The smallest absolute Gasteiger partial charge is 0.407 e. The van der Waals surface area contributed by atoms with Crippen LogP contribution in [0.3, 0.4) is 0 Å². The van der Waals surface area contributed by atoms with Crippen molar-refractivity contribution in [3.63, 3.8) is 0 Å². The summed E-state index contributed by atoms with van der Waals surface area (Å²) < 4.78 is 76.1. The molecule has 1 aliphatic carbocycles. The number of fused-ring (bicyclic) bond motifs is 3. The molecule has 2 N–H and O–H groups in total. The number of ether oxygens (including phenoxy) is 14. The molecule has 0 fully saturated rings. The maximum Gasteiger partial charge on any atom is 0.407 e. The third-order valence-corrected chi connectivity index (χ3v) is 8.77. The summed E-state index contributed by atoms with van der Waals surface area (Å²) in [6, 6.07) is 16.5. The number of amides is 1. The molecule has 0 saturated heterocycles. The van der Waals surface area contributed by atoms with Crippen LogP contribution in [0.4, 0.5) is 4.79 Å². The Morgan fingerprint density at radius 1 is 0.419 bits per heavy atom. The Morgan fingerprint density at radius 2 is 0.710 bits per heavy atom. The molecule has 0 unspecified atom stereocenters. The van der Waals surface area contributed by atoms with Crippen LogP contribution in [-0.2, 0) is 71.1 Å². The molecular formula is C44H69NO17. The van der Waals surface area contributed by atoms with Crippen LogP contribution in [0.1, 0.15) is 23.5 Å². The molecular weight excluding hydrogens is 814 g/mol. The van der Waals surface area contributed by atoms with Gasteiger partial charge in [0.05, 0.1) is 159 Å². The van der Waals surface area contributed by atoms with Crippen LogP contribution >= 0.6 is 0 Å². The molecule has 18 heteroatoms. The summed E-state index contributed by atoms with van der Waals surface area (Å²) in [6.07, 6.45) is 0.256. The zero-order valence-electron chi connectivity index (χ0n) is 36.2. The summed E-state index contributed by atoms with van der Waals surface area (Å²) in [5, 5.41) is 11.2. The molecule has 0 bridgehead atoms. The van der Waals surface area contributed by atoms with Crippen molar-refractivity contribution in [1.29, 1.82) is 0 Å². The van der Waals surface area contributed by atoms with E-state index in [0.29, 0.717) is 178 Å². The van der Waals surface area contributed by atoms with Crippen LogP contribution in [0.5, 0.6) is 0 Å². The van der Waals surface area contributed by atoms with Gasteiger partial charge in [0.1, 0.15) is 13.2 Å². The number of carboxylic acid groups (broad SMARTS) is 1. The minimum atomic E-state index is -1.00. The van der Waals surface area contributed by atoms with Crippen LogP contribution in [-0.4, -0.2) is 202 Å². The molecule has 62 heavy (non-hydrogen) atoms. The highest BCUT2D eigenvalue weighted by Gasteiger charge is 2.29. The van der Waals surface area contributed by atoms with E-state index in [-0.39, 0.29) is 19.1 Å². The minimum absolute atomic E-state index is 0.0432. The second kappa shape index (κ2) is 38.1. The lowest BCUT2D eigenvalue weighted by atomic mass is 9.98. The van der Waals surface area contributed by atoms with Gasteiger partial charge in [0.15, 0.2) is 0 Å². The van der Waals surface area contributed by atoms with Gasteiger partial charge in [0, 0.05) is 19.1 Å². The maximum atomic E-state index is 12.3. The molecule has 0 aliphatic heterocycles. The lowest BCUT2D eigenvalue weighted by Gasteiger charge is -2.14. The largest absolute Gasteiger partial charge is 0.480 e. The highest BCUT2D eigenvalue weighted by molar-refractivity contribution is 5.79. The number of alkyl carbamates (subject to hydrolysis) is 1. The summed E-state index contributed by atoms with van der Waals surface area (Å²) >= 11 is 0. The first-order chi connectivity index (χ1) is 30.7. The number of benzene rings is 2. The Labute approximate surface area is 365 Å². The van der Waals surface area contributed by atoms with Crippen molar-refractivity contribution < 1.29 is 81.0 Å². The van der Waals surface area contributed by atoms with Gasteiger partial charge in [0.25, 0.3) is 0 Å². The van der Waals surface area contributed by atoms with Crippen molar-refractivity contribution in [1.82, 2.24) is 5.32 Å². The van der Waals surface area contributed by atoms with Gasteiger partial charge in [-0.1, -0.05) is 48.5 Å². The predicted octanol–water partition coefficient (Wildman–Crippen LogP) is 3.22. The normalized spacial score (nSPS) is 12.1. The average Bonchev–Trinajstić information content (AvgIpc) is 3.60. The molecule has 18 nitrogen and oxygen atoms in total. The van der Waals surface area contributed by atoms with Crippen molar-refractivity contribution in [3.8, 4) is 11.1 Å². The number of carbonyl (C=O) groups is 2. The molecule has 2 aromatic carbocycles. The second-order valence-electron chi connectivity index (χ2n) is 13.4. The Balaban J connectivity index is 0.913. The fraction of sp³-hybridized carbons (Fsp3) is 0.682. The van der Waals surface area contributed by atoms with Crippen LogP contribution < -0.4 is 5.32 Å². The Hall–Kier alpha value is -3.34. The van der Waals surface area contributed by atoms with Gasteiger partial charge in [-0.2, -0.15) is 0 Å². The first kappa shape index (κ1) is 53.0. The first-order valence-corrected chi connectivity index (χ1v) is 21.5. The molecule has 1 amide bonds. The van der Waals surface area contributed by atoms with Crippen LogP contribution in [0, 0.1) is 0 Å². The summed E-state index contributed by atoms with van der Waals surface area (Å²) in [7, 11) is 0. The van der Waals surface area contributed by atoms with E-state index in [0.717, 1.165) is 0 Å². The topological polar surface area (TPSA) is 196 Å². The molecule has 2 aromatic rings. The SMILES string of the molecule is O=C(O)COCCOCCOCCOCCOCCOCCOCCOCCOCCOCCOCCOCCOCCCNC(=O)OCC1c2ccccc2-c2ccccc21. The van der Waals surface area contributed by atoms with E-state index < -0.39 is 12.1 Å². The van der Waals surface area contributed by atoms with Crippen LogP contribution in [0.2, 0.25) is 0 Å². The first-order valence-electron chi connectivity index (χ1n) is 21.5. The van der Waals surface area contributed by atoms with E-state index >= 15 is 0 Å². The molecule has 1 aliphatic rings. The molecule has 0 saturated carbocycles. The predicted molar refractivity (Wildman–Crippen MR) is 226 cm³/mol. The second-order valence-corrected chi connectivity index (χ2v) is 13.4. The van der Waals surface area contributed by atoms with Gasteiger partial charge in [-0.3, -0.25) is 0 Å². The standard InChI is InChI=1S/C44H69NO17/c46-43(47)37-61-35-34-60-33-32-59-31-30-58-29-28-57-27-26-56-25-24-55-23-22-54-21-20-53-19-18-52-17-16-51-15-14-50-13-12-49-11-5-10-45-44(48)62-36-42-40-8-3-1-6-38(40)39-7-2-4-9-41(39)42/h1-4,6-9,42H,5,10-37H2,(H,45,48)(H,46,47). The van der Waals surface area contributed by atoms with Gasteiger partial charge >= 0.3 is 12.1 Å². The van der Waals surface area contributed by atoms with E-state index in [2.05, 4.69) is 29.6 Å². The molecule has 0 atom stereocenters. The molecule has 0 heterocycles. The lowest BCUT2D eigenvalue weighted by molar-refractivity contribution is -0.142. The van der Waals surface area contributed by atoms with Crippen molar-refractivity contribution in [3.05, 3.63) is 59.7 Å². The van der Waals surface area contributed by atoms with Crippen molar-refractivity contribution in [2.45, 2.75) is 12.3 Å². The van der Waals surface area contributed by atoms with Gasteiger partial charge in [-0.25, -0.2) is 9.59 Å². The Kier molecular flexibility index (Phi) is 32.6. The highest BCUT2D eigenvalue weighted by Crippen LogP contribution is 2.44. The van der Waals surface area contributed by atoms with Gasteiger partial charge in [-0.15, -0.1) is 0 Å². The van der Waals surface area contributed by atoms with E-state index in [1.807, 2.05) is 24.3 Å². The number of nitrogens with one attached hydrogen (secondary N) is 1. The highest BCUT2D eigenvalue weighted by atomic mass is 16.6. The van der Waals surface area contributed by atoms with E-state index in [1.165, 1.54) is 22.3 Å². The molecule has 0 aromatic heterocycles. The Morgan fingerprint density at radius 3 is 1.03 bits per heavy atom. The molecule has 352 valence electrons. The van der Waals surface area contributed by atoms with Crippen molar-refractivity contribution >= 4 is 12.1 Å². The van der Waals surface area contributed by atoms with E-state index in [1.54, 1.807) is 0 Å². The number of hydrogen-bond donors (Lipinski definition) is 2. The zero-order valence-corrected chi connectivity index (χ0v) is 36.2. The van der Waals surface area contributed by atoms with Crippen LogP contribution in [0.15, 0.2) is 48.5 Å². The number of carboxylic acids is 1. The molecule has 3 rings (SSSR count). The van der Waals surface area contributed by atoms with E-state index in [4.69, 9.17) is 71.4 Å². The van der Waals surface area contributed by atoms with Gasteiger partial charge in [-0.05, 0) is 28.7 Å². The number of carbonyl (C=O) groups excluding carboxylic acids is 1. The number of rotatable bonds is 44. The quantitative estimate of drug-likeness (QED) is 0.0921. The fourth-order valence-electron chi connectivity index (χ4n) is 5.81. The maximum absolute atomic E-state index is 12.3. The van der Waals surface area contributed by atoms with E-state index in [9.17, 15) is 9.59 Å². The molecule has 0 radical (unpaired) electrons. The Bertz CT molecular complexity index is 1340. The third-order valence-electron chi connectivity index (χ3n) is 8.77. The van der Waals surface area contributed by atoms with Gasteiger partial charge < -0.3 is 76.7 Å². The number of hydrogen-bond acceptors (Lipinski definition) is 16. The average molecular weight is 884 g/mol. The van der Waals surface area contributed by atoms with Gasteiger partial charge in [0.2, 0.25) is 0 Å². The minimum Gasteiger partial charge on any atom is -0.480 e. The summed E-state index contributed by atoms with van der Waals surface area (Å²) in [6.45, 7) is 11.8. The number of aliphatic carboxylic acids is 1. The fourth-order valence-corrected chi connectivity index (χ4v) is 5.81. The van der Waals surface area contributed by atoms with Crippen molar-refractivity contribution in [2.24, 2.45) is 0 Å². The monoisotopic (exact) mass is 883 g/mol. The molecule has 0 spiro atoms.